The van der Waals surface area contributed by atoms with Crippen LogP contribution in [0.25, 0.3) is 0 Å². The molecule has 0 saturated carbocycles. The summed E-state index contributed by atoms with van der Waals surface area (Å²) in [6, 6.07) is 13.5. The normalized spacial score (nSPS) is 11.6. The summed E-state index contributed by atoms with van der Waals surface area (Å²) in [5, 5.41) is 2.80. The molecule has 0 heterocycles. The fraction of sp³-hybridized carbons (Fsp3) is 0.350. The predicted octanol–water partition coefficient (Wildman–Crippen LogP) is 3.74. The predicted molar refractivity (Wildman–Crippen MR) is 95.4 cm³/mol. The van der Waals surface area contributed by atoms with Crippen molar-refractivity contribution in [1.82, 2.24) is 5.32 Å². The van der Waals surface area contributed by atoms with Crippen molar-refractivity contribution in [1.29, 1.82) is 0 Å². The van der Waals surface area contributed by atoms with Crippen molar-refractivity contribution in [3.63, 3.8) is 0 Å². The lowest BCUT2D eigenvalue weighted by Gasteiger charge is -2.17. The maximum Gasteiger partial charge on any atom is 0.261 e. The third-order valence-electron chi connectivity index (χ3n) is 3.76. The summed E-state index contributed by atoms with van der Waals surface area (Å²) in [4.78, 5) is 12.2. The molecule has 2 aromatic rings. The van der Waals surface area contributed by atoms with E-state index in [0.717, 1.165) is 12.2 Å². The molecule has 0 aromatic heterocycles. The van der Waals surface area contributed by atoms with Gasteiger partial charge in [-0.05, 0) is 54.8 Å². The maximum atomic E-state index is 12.9. The molecule has 1 N–H and O–H groups in total. The van der Waals surface area contributed by atoms with E-state index in [-0.39, 0.29) is 11.7 Å². The van der Waals surface area contributed by atoms with Crippen LogP contribution in [-0.4, -0.2) is 25.2 Å². The van der Waals surface area contributed by atoms with Gasteiger partial charge < -0.3 is 14.8 Å². The Morgan fingerprint density at radius 1 is 1.04 bits per heavy atom. The van der Waals surface area contributed by atoms with Crippen LogP contribution in [-0.2, 0) is 11.2 Å². The summed E-state index contributed by atoms with van der Waals surface area (Å²) >= 11 is 0. The second-order valence-electron chi connectivity index (χ2n) is 5.61. The maximum absolute atomic E-state index is 12.9. The van der Waals surface area contributed by atoms with Gasteiger partial charge in [0.05, 0.1) is 6.54 Å². The number of halogens is 1. The molecule has 0 fully saturated rings. The van der Waals surface area contributed by atoms with E-state index in [9.17, 15) is 9.18 Å². The molecule has 1 unspecified atom stereocenters. The molecule has 0 aliphatic carbocycles. The smallest absolute Gasteiger partial charge is 0.261 e. The number of benzene rings is 2. The van der Waals surface area contributed by atoms with Crippen LogP contribution in [0.1, 0.15) is 25.8 Å². The molecule has 134 valence electrons. The van der Waals surface area contributed by atoms with Gasteiger partial charge in [-0.1, -0.05) is 26.0 Å². The van der Waals surface area contributed by atoms with Crippen LogP contribution in [0, 0.1) is 5.82 Å². The molecule has 0 bridgehead atoms. The number of carbonyl (C=O) groups excluding carboxylic acids is 1. The fourth-order valence-corrected chi connectivity index (χ4v) is 2.28. The highest BCUT2D eigenvalue weighted by atomic mass is 19.1. The number of amides is 1. The van der Waals surface area contributed by atoms with Crippen molar-refractivity contribution in [2.45, 2.75) is 32.8 Å². The van der Waals surface area contributed by atoms with Crippen LogP contribution in [0.4, 0.5) is 4.39 Å². The molecule has 25 heavy (non-hydrogen) atoms. The Morgan fingerprint density at radius 2 is 1.68 bits per heavy atom. The Morgan fingerprint density at radius 3 is 2.28 bits per heavy atom. The van der Waals surface area contributed by atoms with Crippen LogP contribution in [0.15, 0.2) is 48.5 Å². The van der Waals surface area contributed by atoms with Gasteiger partial charge in [-0.2, -0.15) is 0 Å². The Bertz CT molecular complexity index is 656. The van der Waals surface area contributed by atoms with Crippen LogP contribution >= 0.6 is 0 Å². The largest absolute Gasteiger partial charge is 0.492 e. The van der Waals surface area contributed by atoms with Crippen molar-refractivity contribution in [2.75, 3.05) is 13.2 Å². The quantitative estimate of drug-likeness (QED) is 0.704. The molecule has 0 radical (unpaired) electrons. The first kappa shape index (κ1) is 18.8. The first-order valence-electron chi connectivity index (χ1n) is 8.54. The molecule has 1 amide bonds. The zero-order valence-corrected chi connectivity index (χ0v) is 14.6. The lowest BCUT2D eigenvalue weighted by atomic mass is 10.2. The van der Waals surface area contributed by atoms with Crippen molar-refractivity contribution in [3.05, 3.63) is 59.9 Å². The summed E-state index contributed by atoms with van der Waals surface area (Å²) in [5.74, 6) is 0.697. The van der Waals surface area contributed by atoms with Crippen LogP contribution in [0.3, 0.4) is 0 Å². The monoisotopic (exact) mass is 345 g/mol. The van der Waals surface area contributed by atoms with E-state index in [1.165, 1.54) is 29.8 Å². The molecule has 0 spiro atoms. The number of aryl methyl sites for hydroxylation is 1. The van der Waals surface area contributed by atoms with E-state index in [1.54, 1.807) is 0 Å². The molecular weight excluding hydrogens is 321 g/mol. The highest BCUT2D eigenvalue weighted by molar-refractivity contribution is 5.81. The number of nitrogens with one attached hydrogen (secondary N) is 1. The van der Waals surface area contributed by atoms with Crippen molar-refractivity contribution in [2.24, 2.45) is 0 Å². The SMILES string of the molecule is CCc1ccc(OCCNC(=O)C(CC)Oc2ccc(F)cc2)cc1. The van der Waals surface area contributed by atoms with Gasteiger partial charge in [0, 0.05) is 0 Å². The van der Waals surface area contributed by atoms with Crippen molar-refractivity contribution in [3.8, 4) is 11.5 Å². The van der Waals surface area contributed by atoms with Gasteiger partial charge in [-0.15, -0.1) is 0 Å². The van der Waals surface area contributed by atoms with E-state index >= 15 is 0 Å². The zero-order valence-electron chi connectivity index (χ0n) is 14.6. The first-order valence-corrected chi connectivity index (χ1v) is 8.54. The fourth-order valence-electron chi connectivity index (χ4n) is 2.28. The van der Waals surface area contributed by atoms with Crippen LogP contribution < -0.4 is 14.8 Å². The number of carbonyl (C=O) groups is 1. The van der Waals surface area contributed by atoms with Gasteiger partial charge in [0.1, 0.15) is 23.9 Å². The Balaban J connectivity index is 1.74. The summed E-state index contributed by atoms with van der Waals surface area (Å²) < 4.78 is 24.1. The minimum atomic E-state index is -0.616. The summed E-state index contributed by atoms with van der Waals surface area (Å²) in [6.45, 7) is 4.73. The molecule has 0 saturated heterocycles. The second kappa shape index (κ2) is 9.67. The molecule has 2 rings (SSSR count). The first-order chi connectivity index (χ1) is 12.1. The minimum Gasteiger partial charge on any atom is -0.492 e. The van der Waals surface area contributed by atoms with Gasteiger partial charge in [0.15, 0.2) is 6.10 Å². The highest BCUT2D eigenvalue weighted by Gasteiger charge is 2.17. The second-order valence-corrected chi connectivity index (χ2v) is 5.61. The molecule has 1 atom stereocenters. The van der Waals surface area contributed by atoms with Gasteiger partial charge in [0.2, 0.25) is 0 Å². The van der Waals surface area contributed by atoms with Gasteiger partial charge in [-0.3, -0.25) is 4.79 Å². The Hall–Kier alpha value is -2.56. The number of hydrogen-bond acceptors (Lipinski definition) is 3. The van der Waals surface area contributed by atoms with E-state index in [1.807, 2.05) is 31.2 Å². The third-order valence-corrected chi connectivity index (χ3v) is 3.76. The molecule has 2 aromatic carbocycles. The number of ether oxygens (including phenoxy) is 2. The average Bonchev–Trinajstić information content (AvgIpc) is 2.65. The van der Waals surface area contributed by atoms with Crippen molar-refractivity contribution >= 4 is 5.91 Å². The van der Waals surface area contributed by atoms with Gasteiger partial charge in [-0.25, -0.2) is 4.39 Å². The van der Waals surface area contributed by atoms with E-state index in [2.05, 4.69) is 12.2 Å². The summed E-state index contributed by atoms with van der Waals surface area (Å²) in [6.07, 6.45) is 0.889. The Labute approximate surface area is 148 Å². The van der Waals surface area contributed by atoms with Crippen LogP contribution in [0.5, 0.6) is 11.5 Å². The summed E-state index contributed by atoms with van der Waals surface area (Å²) in [5.41, 5.74) is 1.25. The van der Waals surface area contributed by atoms with E-state index in [0.29, 0.717) is 25.3 Å². The topological polar surface area (TPSA) is 47.6 Å². The lowest BCUT2D eigenvalue weighted by Crippen LogP contribution is -2.39. The lowest BCUT2D eigenvalue weighted by molar-refractivity contribution is -0.128. The van der Waals surface area contributed by atoms with Crippen molar-refractivity contribution < 1.29 is 18.7 Å². The zero-order chi connectivity index (χ0) is 18.1. The van der Waals surface area contributed by atoms with Gasteiger partial charge >= 0.3 is 0 Å². The molecule has 4 nitrogen and oxygen atoms in total. The highest BCUT2D eigenvalue weighted by Crippen LogP contribution is 2.15. The molecule has 0 aliphatic heterocycles. The number of hydrogen-bond donors (Lipinski definition) is 1. The molecule has 5 heteroatoms. The van der Waals surface area contributed by atoms with E-state index < -0.39 is 6.10 Å². The molecular formula is C20H24FNO3. The third kappa shape index (κ3) is 6.10. The van der Waals surface area contributed by atoms with Crippen LogP contribution in [0.2, 0.25) is 0 Å². The Kier molecular flexibility index (Phi) is 7.26. The summed E-state index contributed by atoms with van der Waals surface area (Å²) in [7, 11) is 0. The standard InChI is InChI=1S/C20H24FNO3/c1-3-15-5-9-17(10-6-15)24-14-13-22-20(23)19(4-2)25-18-11-7-16(21)8-12-18/h5-12,19H,3-4,13-14H2,1-2H3,(H,22,23). The van der Waals surface area contributed by atoms with E-state index in [4.69, 9.17) is 9.47 Å². The van der Waals surface area contributed by atoms with Gasteiger partial charge in [0.25, 0.3) is 5.91 Å². The number of rotatable bonds is 9. The minimum absolute atomic E-state index is 0.211. The molecule has 0 aliphatic rings. The average molecular weight is 345 g/mol.